The minimum atomic E-state index is -0.127. The Morgan fingerprint density at radius 2 is 1.71 bits per heavy atom. The van der Waals surface area contributed by atoms with E-state index in [1.807, 2.05) is 7.11 Å². The standard InChI is InChI=1S/C29H39NO/c1-5-12-25(6-2)26-17-20-30(21-18-26)22-19-29(23-31-4,27-14-8-7-9-15-27)28-16-11-10-13-24(28)3/h5-16,26H,17-23H2,1-4H3/b12-5-,25-6+. The number of methoxy groups -OCH3 is 1. The van der Waals surface area contributed by atoms with Gasteiger partial charge < -0.3 is 9.64 Å². The van der Waals surface area contributed by atoms with E-state index in [4.69, 9.17) is 4.74 Å². The Hall–Kier alpha value is -2.16. The summed E-state index contributed by atoms with van der Waals surface area (Å²) in [7, 11) is 1.83. The molecule has 0 saturated carbocycles. The lowest BCUT2D eigenvalue weighted by Crippen LogP contribution is -2.41. The molecule has 0 spiro atoms. The van der Waals surface area contributed by atoms with E-state index >= 15 is 0 Å². The number of benzene rings is 2. The van der Waals surface area contributed by atoms with E-state index in [1.54, 1.807) is 0 Å². The predicted octanol–water partition coefficient (Wildman–Crippen LogP) is 6.55. The van der Waals surface area contributed by atoms with Crippen molar-refractivity contribution < 1.29 is 4.74 Å². The van der Waals surface area contributed by atoms with Crippen molar-refractivity contribution in [2.75, 3.05) is 33.4 Å². The van der Waals surface area contributed by atoms with Crippen LogP contribution in [0.3, 0.4) is 0 Å². The number of likely N-dealkylation sites (tertiary alicyclic amines) is 1. The molecule has 0 amide bonds. The van der Waals surface area contributed by atoms with E-state index in [1.165, 1.54) is 48.2 Å². The zero-order chi connectivity index (χ0) is 22.1. The fraction of sp³-hybridized carbons (Fsp3) is 0.448. The summed E-state index contributed by atoms with van der Waals surface area (Å²) in [6.45, 7) is 10.6. The maximum atomic E-state index is 5.87. The average Bonchev–Trinajstić information content (AvgIpc) is 2.82. The molecule has 3 rings (SSSR count). The molecule has 0 radical (unpaired) electrons. The number of rotatable bonds is 9. The maximum Gasteiger partial charge on any atom is 0.0600 e. The Morgan fingerprint density at radius 1 is 1.03 bits per heavy atom. The molecule has 0 bridgehead atoms. The van der Waals surface area contributed by atoms with Gasteiger partial charge in [0.05, 0.1) is 6.61 Å². The first-order valence-electron chi connectivity index (χ1n) is 11.8. The SMILES string of the molecule is C/C=C\C(=C/C)C1CCN(CCC(COC)(c2ccccc2)c2ccccc2C)CC1. The number of aryl methyl sites for hydroxylation is 1. The van der Waals surface area contributed by atoms with Crippen LogP contribution in [0, 0.1) is 12.8 Å². The van der Waals surface area contributed by atoms with Crippen molar-refractivity contribution >= 4 is 0 Å². The lowest BCUT2D eigenvalue weighted by molar-refractivity contribution is 0.124. The summed E-state index contributed by atoms with van der Waals surface area (Å²) in [6, 6.07) is 19.8. The number of allylic oxidation sites excluding steroid dienone is 4. The van der Waals surface area contributed by atoms with Crippen LogP contribution in [0.5, 0.6) is 0 Å². The minimum Gasteiger partial charge on any atom is -0.383 e. The van der Waals surface area contributed by atoms with Crippen LogP contribution in [-0.2, 0) is 10.2 Å². The highest BCUT2D eigenvalue weighted by Gasteiger charge is 2.36. The lowest BCUT2D eigenvalue weighted by Gasteiger charge is -2.39. The highest BCUT2D eigenvalue weighted by atomic mass is 16.5. The molecule has 1 heterocycles. The van der Waals surface area contributed by atoms with Crippen molar-refractivity contribution in [3.05, 3.63) is 95.1 Å². The molecule has 1 atom stereocenters. The van der Waals surface area contributed by atoms with Crippen LogP contribution in [0.25, 0.3) is 0 Å². The van der Waals surface area contributed by atoms with Crippen molar-refractivity contribution in [1.29, 1.82) is 0 Å². The summed E-state index contributed by atoms with van der Waals surface area (Å²) in [6.07, 6.45) is 10.3. The molecular formula is C29H39NO. The van der Waals surface area contributed by atoms with Gasteiger partial charge in [-0.3, -0.25) is 0 Å². The quantitative estimate of drug-likeness (QED) is 0.429. The molecule has 1 unspecified atom stereocenters. The van der Waals surface area contributed by atoms with Crippen molar-refractivity contribution in [2.45, 2.75) is 45.4 Å². The first-order valence-corrected chi connectivity index (χ1v) is 11.8. The molecule has 2 aromatic carbocycles. The number of hydrogen-bond donors (Lipinski definition) is 0. The minimum absolute atomic E-state index is 0.127. The first-order chi connectivity index (χ1) is 15.1. The normalized spacial score (nSPS) is 18.4. The fourth-order valence-corrected chi connectivity index (χ4v) is 5.28. The highest BCUT2D eigenvalue weighted by Crippen LogP contribution is 2.38. The van der Waals surface area contributed by atoms with E-state index in [2.05, 4.69) is 98.5 Å². The van der Waals surface area contributed by atoms with Crippen LogP contribution in [0.4, 0.5) is 0 Å². The molecule has 0 N–H and O–H groups in total. The molecule has 2 heteroatoms. The van der Waals surface area contributed by atoms with E-state index < -0.39 is 0 Å². The van der Waals surface area contributed by atoms with E-state index in [-0.39, 0.29) is 5.41 Å². The molecule has 0 aromatic heterocycles. The van der Waals surface area contributed by atoms with Crippen molar-refractivity contribution in [2.24, 2.45) is 5.92 Å². The Labute approximate surface area is 189 Å². The van der Waals surface area contributed by atoms with Gasteiger partial charge in [0.1, 0.15) is 0 Å². The van der Waals surface area contributed by atoms with E-state index in [9.17, 15) is 0 Å². The lowest BCUT2D eigenvalue weighted by atomic mass is 9.71. The summed E-state index contributed by atoms with van der Waals surface area (Å²) in [4.78, 5) is 2.66. The second kappa shape index (κ2) is 11.5. The van der Waals surface area contributed by atoms with E-state index in [0.717, 1.165) is 13.0 Å². The summed E-state index contributed by atoms with van der Waals surface area (Å²) < 4.78 is 5.87. The van der Waals surface area contributed by atoms with E-state index in [0.29, 0.717) is 12.5 Å². The fourth-order valence-electron chi connectivity index (χ4n) is 5.28. The van der Waals surface area contributed by atoms with Gasteiger partial charge in [0, 0.05) is 12.5 Å². The van der Waals surface area contributed by atoms with Crippen LogP contribution >= 0.6 is 0 Å². The van der Waals surface area contributed by atoms with Gasteiger partial charge in [-0.1, -0.05) is 72.8 Å². The monoisotopic (exact) mass is 417 g/mol. The average molecular weight is 418 g/mol. The Kier molecular flexibility index (Phi) is 8.69. The molecule has 1 aliphatic heterocycles. The van der Waals surface area contributed by atoms with Gasteiger partial charge in [-0.2, -0.15) is 0 Å². The van der Waals surface area contributed by atoms with Crippen molar-refractivity contribution in [3.63, 3.8) is 0 Å². The topological polar surface area (TPSA) is 12.5 Å². The number of nitrogens with zero attached hydrogens (tertiary/aromatic N) is 1. The molecule has 0 aliphatic carbocycles. The first kappa shape index (κ1) is 23.5. The third-order valence-corrected chi connectivity index (χ3v) is 6.98. The maximum absolute atomic E-state index is 5.87. The van der Waals surface area contributed by atoms with Crippen molar-refractivity contribution in [3.8, 4) is 0 Å². The van der Waals surface area contributed by atoms with Gasteiger partial charge in [-0.05, 0) is 87.8 Å². The summed E-state index contributed by atoms with van der Waals surface area (Å²) in [5.74, 6) is 0.701. The van der Waals surface area contributed by atoms with Gasteiger partial charge in [0.2, 0.25) is 0 Å². The Morgan fingerprint density at radius 3 is 2.32 bits per heavy atom. The summed E-state index contributed by atoms with van der Waals surface area (Å²) in [5, 5.41) is 0. The van der Waals surface area contributed by atoms with Gasteiger partial charge >= 0.3 is 0 Å². The van der Waals surface area contributed by atoms with Gasteiger partial charge in [-0.25, -0.2) is 0 Å². The van der Waals surface area contributed by atoms with Gasteiger partial charge in [0.25, 0.3) is 0 Å². The van der Waals surface area contributed by atoms with Crippen molar-refractivity contribution in [1.82, 2.24) is 4.90 Å². The Balaban J connectivity index is 1.80. The Bertz CT molecular complexity index is 861. The van der Waals surface area contributed by atoms with Crippen LogP contribution in [0.15, 0.2) is 78.4 Å². The smallest absolute Gasteiger partial charge is 0.0600 e. The third kappa shape index (κ3) is 5.56. The number of piperidine rings is 1. The predicted molar refractivity (Wildman–Crippen MR) is 133 cm³/mol. The van der Waals surface area contributed by atoms with Gasteiger partial charge in [-0.15, -0.1) is 0 Å². The molecule has 1 saturated heterocycles. The van der Waals surface area contributed by atoms with Crippen LogP contribution < -0.4 is 0 Å². The second-order valence-electron chi connectivity index (χ2n) is 8.85. The highest BCUT2D eigenvalue weighted by molar-refractivity contribution is 5.43. The largest absolute Gasteiger partial charge is 0.383 e. The molecule has 1 aliphatic rings. The molecule has 2 nitrogen and oxygen atoms in total. The molecule has 2 aromatic rings. The molecule has 1 fully saturated rings. The van der Waals surface area contributed by atoms with Crippen LogP contribution in [0.1, 0.15) is 49.8 Å². The zero-order valence-corrected chi connectivity index (χ0v) is 19.8. The number of ether oxygens (including phenoxy) is 1. The molecule has 166 valence electrons. The zero-order valence-electron chi connectivity index (χ0n) is 19.8. The second-order valence-corrected chi connectivity index (χ2v) is 8.85. The van der Waals surface area contributed by atoms with Crippen LogP contribution in [0.2, 0.25) is 0 Å². The molecular weight excluding hydrogens is 378 g/mol. The molecule has 31 heavy (non-hydrogen) atoms. The third-order valence-electron chi connectivity index (χ3n) is 6.98. The van der Waals surface area contributed by atoms with Gasteiger partial charge in [0.15, 0.2) is 0 Å². The summed E-state index contributed by atoms with van der Waals surface area (Å²) in [5.41, 5.74) is 5.45. The number of hydrogen-bond acceptors (Lipinski definition) is 2. The van der Waals surface area contributed by atoms with Crippen LogP contribution in [-0.4, -0.2) is 38.3 Å². The summed E-state index contributed by atoms with van der Waals surface area (Å²) >= 11 is 0.